The lowest BCUT2D eigenvalue weighted by Crippen LogP contribution is -2.37. The number of nitrogens with zero attached hydrogens (tertiary/aromatic N) is 1. The lowest BCUT2D eigenvalue weighted by atomic mass is 10.3. The monoisotopic (exact) mass is 516 g/mol. The van der Waals surface area contributed by atoms with Gasteiger partial charge in [0.2, 0.25) is 5.91 Å². The van der Waals surface area contributed by atoms with E-state index in [-0.39, 0.29) is 16.9 Å². The average molecular weight is 516 g/mol. The SMILES string of the molecule is CC(=O)Nc1ccc(S(=O)(=O)N(CC(=O)OC(C)C)c2ccc(I)cc2)cc1. The number of anilines is 2. The van der Waals surface area contributed by atoms with Crippen molar-refractivity contribution in [3.05, 3.63) is 52.1 Å². The summed E-state index contributed by atoms with van der Waals surface area (Å²) >= 11 is 2.11. The fourth-order valence-electron chi connectivity index (χ4n) is 2.38. The molecule has 0 heterocycles. The van der Waals surface area contributed by atoms with Gasteiger partial charge in [-0.15, -0.1) is 0 Å². The number of nitrogens with one attached hydrogen (secondary N) is 1. The first-order chi connectivity index (χ1) is 13.1. The summed E-state index contributed by atoms with van der Waals surface area (Å²) in [5.74, 6) is -0.903. The molecule has 0 unspecified atom stereocenters. The summed E-state index contributed by atoms with van der Waals surface area (Å²) in [4.78, 5) is 23.3. The molecule has 2 aromatic carbocycles. The molecule has 0 fully saturated rings. The van der Waals surface area contributed by atoms with E-state index in [1.807, 2.05) is 0 Å². The van der Waals surface area contributed by atoms with E-state index in [9.17, 15) is 18.0 Å². The highest BCUT2D eigenvalue weighted by Crippen LogP contribution is 2.25. The van der Waals surface area contributed by atoms with Crippen LogP contribution in [0.15, 0.2) is 53.4 Å². The number of carbonyl (C=O) groups is 2. The summed E-state index contributed by atoms with van der Waals surface area (Å²) in [5, 5.41) is 2.58. The van der Waals surface area contributed by atoms with Crippen LogP contribution in [0.3, 0.4) is 0 Å². The molecular formula is C19H21IN2O5S. The first-order valence-corrected chi connectivity index (χ1v) is 11.0. The number of rotatable bonds is 7. The van der Waals surface area contributed by atoms with Gasteiger partial charge >= 0.3 is 5.97 Å². The van der Waals surface area contributed by atoms with Crippen LogP contribution < -0.4 is 9.62 Å². The lowest BCUT2D eigenvalue weighted by Gasteiger charge is -2.24. The largest absolute Gasteiger partial charge is 0.462 e. The Hall–Kier alpha value is -2.14. The van der Waals surface area contributed by atoms with Crippen molar-refractivity contribution in [1.82, 2.24) is 0 Å². The number of sulfonamides is 1. The third-order valence-electron chi connectivity index (χ3n) is 3.52. The number of hydrogen-bond donors (Lipinski definition) is 1. The van der Waals surface area contributed by atoms with Crippen LogP contribution in [-0.4, -0.2) is 32.9 Å². The molecule has 0 aliphatic rings. The summed E-state index contributed by atoms with van der Waals surface area (Å²) in [6, 6.07) is 12.5. The van der Waals surface area contributed by atoms with Gasteiger partial charge in [0.05, 0.1) is 16.7 Å². The third kappa shape index (κ3) is 5.93. The summed E-state index contributed by atoms with van der Waals surface area (Å²) in [5.41, 5.74) is 0.832. The van der Waals surface area contributed by atoms with Crippen molar-refractivity contribution >= 4 is 55.9 Å². The quantitative estimate of drug-likeness (QED) is 0.450. The average Bonchev–Trinajstić information content (AvgIpc) is 2.60. The van der Waals surface area contributed by atoms with Crippen molar-refractivity contribution in [1.29, 1.82) is 0 Å². The molecule has 7 nitrogen and oxygen atoms in total. The van der Waals surface area contributed by atoms with E-state index in [4.69, 9.17) is 4.74 Å². The van der Waals surface area contributed by atoms with Gasteiger partial charge in [-0.1, -0.05) is 0 Å². The number of halogens is 1. The van der Waals surface area contributed by atoms with Crippen molar-refractivity contribution in [3.63, 3.8) is 0 Å². The number of esters is 1. The Balaban J connectivity index is 2.40. The van der Waals surface area contributed by atoms with Gasteiger partial charge in [0, 0.05) is 16.2 Å². The molecule has 28 heavy (non-hydrogen) atoms. The number of ether oxygens (including phenoxy) is 1. The highest BCUT2D eigenvalue weighted by atomic mass is 127. The van der Waals surface area contributed by atoms with Crippen molar-refractivity contribution in [2.45, 2.75) is 31.8 Å². The maximum absolute atomic E-state index is 13.2. The van der Waals surface area contributed by atoms with Gasteiger partial charge in [-0.3, -0.25) is 13.9 Å². The molecule has 9 heteroatoms. The van der Waals surface area contributed by atoms with Crippen LogP contribution in [0.4, 0.5) is 11.4 Å². The zero-order chi connectivity index (χ0) is 20.9. The van der Waals surface area contributed by atoms with Crippen LogP contribution in [0, 0.1) is 3.57 Å². The standard InChI is InChI=1S/C19H21IN2O5S/c1-13(2)27-19(24)12-22(17-8-4-15(20)5-9-17)28(25,26)18-10-6-16(7-11-18)21-14(3)23/h4-11,13H,12H2,1-3H3,(H,21,23). The molecule has 1 N–H and O–H groups in total. The molecule has 0 aromatic heterocycles. The van der Waals surface area contributed by atoms with Crippen LogP contribution in [0.1, 0.15) is 20.8 Å². The fourth-order valence-corrected chi connectivity index (χ4v) is 4.15. The second-order valence-corrected chi connectivity index (χ2v) is 9.34. The Labute approximate surface area is 178 Å². The third-order valence-corrected chi connectivity index (χ3v) is 6.02. The van der Waals surface area contributed by atoms with Crippen molar-refractivity contribution in [2.75, 3.05) is 16.2 Å². The van der Waals surface area contributed by atoms with Gasteiger partial charge in [0.25, 0.3) is 10.0 Å². The van der Waals surface area contributed by atoms with Crippen LogP contribution in [-0.2, 0) is 24.3 Å². The maximum atomic E-state index is 13.2. The molecule has 0 aliphatic carbocycles. The highest BCUT2D eigenvalue weighted by molar-refractivity contribution is 14.1. The first kappa shape index (κ1) is 22.2. The normalized spacial score (nSPS) is 11.2. The van der Waals surface area contributed by atoms with Gasteiger partial charge in [-0.2, -0.15) is 0 Å². The molecule has 0 radical (unpaired) electrons. The number of benzene rings is 2. The molecule has 0 spiro atoms. The molecule has 1 amide bonds. The summed E-state index contributed by atoms with van der Waals surface area (Å²) in [7, 11) is -4.03. The number of amides is 1. The van der Waals surface area contributed by atoms with E-state index >= 15 is 0 Å². The van der Waals surface area contributed by atoms with Crippen LogP contribution in [0.25, 0.3) is 0 Å². The summed E-state index contributed by atoms with van der Waals surface area (Å²) in [6.07, 6.45) is -0.356. The van der Waals surface area contributed by atoms with Gasteiger partial charge in [0.15, 0.2) is 0 Å². The Morgan fingerprint density at radius 1 is 1.07 bits per heavy atom. The second-order valence-electron chi connectivity index (χ2n) is 6.23. The smallest absolute Gasteiger partial charge is 0.327 e. The maximum Gasteiger partial charge on any atom is 0.327 e. The molecule has 2 aromatic rings. The van der Waals surface area contributed by atoms with E-state index in [0.717, 1.165) is 7.88 Å². The van der Waals surface area contributed by atoms with E-state index in [0.29, 0.717) is 11.4 Å². The predicted octanol–water partition coefficient (Wildman–Crippen LogP) is 3.40. The fraction of sp³-hybridized carbons (Fsp3) is 0.263. The van der Waals surface area contributed by atoms with E-state index in [1.54, 1.807) is 38.1 Å². The Morgan fingerprint density at radius 2 is 1.64 bits per heavy atom. The lowest BCUT2D eigenvalue weighted by molar-refractivity contribution is -0.145. The zero-order valence-corrected chi connectivity index (χ0v) is 18.7. The Morgan fingerprint density at radius 3 is 2.14 bits per heavy atom. The molecule has 150 valence electrons. The molecule has 0 bridgehead atoms. The highest BCUT2D eigenvalue weighted by Gasteiger charge is 2.28. The Kier molecular flexibility index (Phi) is 7.41. The van der Waals surface area contributed by atoms with Crippen molar-refractivity contribution < 1.29 is 22.7 Å². The first-order valence-electron chi connectivity index (χ1n) is 8.45. The molecule has 0 saturated heterocycles. The van der Waals surface area contributed by atoms with Crippen molar-refractivity contribution in [2.24, 2.45) is 0 Å². The van der Waals surface area contributed by atoms with Crippen LogP contribution in [0.5, 0.6) is 0 Å². The van der Waals surface area contributed by atoms with Gasteiger partial charge < -0.3 is 10.1 Å². The summed E-state index contributed by atoms with van der Waals surface area (Å²) in [6.45, 7) is 4.31. The minimum absolute atomic E-state index is 0.00232. The minimum atomic E-state index is -4.03. The van der Waals surface area contributed by atoms with Gasteiger partial charge in [-0.05, 0) is 85.0 Å². The Bertz CT molecular complexity index is 941. The zero-order valence-electron chi connectivity index (χ0n) is 15.7. The topological polar surface area (TPSA) is 92.8 Å². The molecule has 0 aliphatic heterocycles. The number of carbonyl (C=O) groups excluding carboxylic acids is 2. The van der Waals surface area contributed by atoms with Gasteiger partial charge in [-0.25, -0.2) is 8.42 Å². The van der Waals surface area contributed by atoms with E-state index in [1.165, 1.54) is 31.2 Å². The molecular weight excluding hydrogens is 495 g/mol. The van der Waals surface area contributed by atoms with E-state index < -0.39 is 22.5 Å². The van der Waals surface area contributed by atoms with Gasteiger partial charge in [0.1, 0.15) is 6.54 Å². The summed E-state index contributed by atoms with van der Waals surface area (Å²) < 4.78 is 33.5. The molecule has 0 saturated carbocycles. The minimum Gasteiger partial charge on any atom is -0.462 e. The number of hydrogen-bond acceptors (Lipinski definition) is 5. The van der Waals surface area contributed by atoms with Crippen LogP contribution >= 0.6 is 22.6 Å². The second kappa shape index (κ2) is 9.37. The molecule has 2 rings (SSSR count). The van der Waals surface area contributed by atoms with E-state index in [2.05, 4.69) is 27.9 Å². The van der Waals surface area contributed by atoms with Crippen LogP contribution in [0.2, 0.25) is 0 Å². The predicted molar refractivity (Wildman–Crippen MR) is 116 cm³/mol. The molecule has 0 atom stereocenters. The van der Waals surface area contributed by atoms with Crippen molar-refractivity contribution in [3.8, 4) is 0 Å².